The third-order valence-corrected chi connectivity index (χ3v) is 2.73. The normalized spacial score (nSPS) is 18.5. The zero-order valence-electron chi connectivity index (χ0n) is 8.79. The van der Waals surface area contributed by atoms with Crippen LogP contribution in [0.15, 0.2) is 4.99 Å². The van der Waals surface area contributed by atoms with E-state index in [1.807, 2.05) is 6.92 Å². The third kappa shape index (κ3) is 2.90. The van der Waals surface area contributed by atoms with Crippen LogP contribution in [0.1, 0.15) is 33.1 Å². The van der Waals surface area contributed by atoms with Crippen LogP contribution in [0.4, 0.5) is 0 Å². The van der Waals surface area contributed by atoms with Crippen LogP contribution in [0.2, 0.25) is 0 Å². The monoisotopic (exact) mass is 183 g/mol. The van der Waals surface area contributed by atoms with Crippen molar-refractivity contribution in [2.45, 2.75) is 33.1 Å². The standard InChI is InChI=1S/C10H21N3/c1-3-12-10(11)13(4-2)8-9-6-5-7-9/h9H,3-8H2,1-2H3,(H2,11,12). The highest BCUT2D eigenvalue weighted by molar-refractivity contribution is 5.78. The number of hydrogen-bond donors (Lipinski definition) is 1. The Morgan fingerprint density at radius 3 is 2.54 bits per heavy atom. The zero-order chi connectivity index (χ0) is 9.68. The van der Waals surface area contributed by atoms with E-state index in [0.29, 0.717) is 0 Å². The van der Waals surface area contributed by atoms with Crippen LogP contribution in [0, 0.1) is 5.92 Å². The Hall–Kier alpha value is -0.730. The molecule has 0 atom stereocenters. The summed E-state index contributed by atoms with van der Waals surface area (Å²) in [5.41, 5.74) is 5.84. The third-order valence-electron chi connectivity index (χ3n) is 2.73. The van der Waals surface area contributed by atoms with Crippen LogP contribution in [-0.2, 0) is 0 Å². The topological polar surface area (TPSA) is 41.6 Å². The first kappa shape index (κ1) is 10.4. The summed E-state index contributed by atoms with van der Waals surface area (Å²) in [6.45, 7) is 7.02. The van der Waals surface area contributed by atoms with Gasteiger partial charge in [0.05, 0.1) is 0 Å². The largest absolute Gasteiger partial charge is 0.370 e. The second-order valence-electron chi connectivity index (χ2n) is 3.67. The molecule has 0 aromatic rings. The summed E-state index contributed by atoms with van der Waals surface area (Å²) in [5.74, 6) is 1.59. The molecule has 3 heteroatoms. The summed E-state index contributed by atoms with van der Waals surface area (Å²) in [6.07, 6.45) is 4.14. The summed E-state index contributed by atoms with van der Waals surface area (Å²) in [7, 11) is 0. The molecular weight excluding hydrogens is 162 g/mol. The van der Waals surface area contributed by atoms with Crippen molar-refractivity contribution >= 4 is 5.96 Å². The van der Waals surface area contributed by atoms with Crippen molar-refractivity contribution in [1.82, 2.24) is 4.90 Å². The highest BCUT2D eigenvalue weighted by Crippen LogP contribution is 2.26. The van der Waals surface area contributed by atoms with Gasteiger partial charge in [-0.15, -0.1) is 0 Å². The summed E-state index contributed by atoms with van der Waals surface area (Å²) in [6, 6.07) is 0. The van der Waals surface area contributed by atoms with Gasteiger partial charge in [-0.25, -0.2) is 0 Å². The first-order valence-corrected chi connectivity index (χ1v) is 5.32. The average Bonchev–Trinajstić information content (AvgIpc) is 2.03. The van der Waals surface area contributed by atoms with Gasteiger partial charge in [-0.1, -0.05) is 6.42 Å². The zero-order valence-corrected chi connectivity index (χ0v) is 8.79. The second kappa shape index (κ2) is 5.10. The van der Waals surface area contributed by atoms with Gasteiger partial charge in [-0.3, -0.25) is 4.99 Å². The molecule has 76 valence electrons. The van der Waals surface area contributed by atoms with Gasteiger partial charge in [0.15, 0.2) is 5.96 Å². The maximum Gasteiger partial charge on any atom is 0.191 e. The molecule has 3 nitrogen and oxygen atoms in total. The fraction of sp³-hybridized carbons (Fsp3) is 0.900. The van der Waals surface area contributed by atoms with E-state index in [1.54, 1.807) is 0 Å². The van der Waals surface area contributed by atoms with E-state index in [2.05, 4.69) is 16.8 Å². The van der Waals surface area contributed by atoms with Gasteiger partial charge >= 0.3 is 0 Å². The molecule has 1 aliphatic rings. The molecule has 0 radical (unpaired) electrons. The second-order valence-corrected chi connectivity index (χ2v) is 3.67. The fourth-order valence-corrected chi connectivity index (χ4v) is 1.63. The quantitative estimate of drug-likeness (QED) is 0.529. The van der Waals surface area contributed by atoms with Crippen LogP contribution in [0.3, 0.4) is 0 Å². The van der Waals surface area contributed by atoms with E-state index in [0.717, 1.165) is 31.5 Å². The maximum absolute atomic E-state index is 5.84. The van der Waals surface area contributed by atoms with Crippen LogP contribution in [0.5, 0.6) is 0 Å². The molecule has 1 fully saturated rings. The SMILES string of the molecule is CCN=C(N)N(CC)CC1CCC1. The summed E-state index contributed by atoms with van der Waals surface area (Å²) >= 11 is 0. The highest BCUT2D eigenvalue weighted by Gasteiger charge is 2.20. The Morgan fingerprint density at radius 2 is 2.15 bits per heavy atom. The molecule has 0 amide bonds. The molecule has 0 aromatic heterocycles. The number of nitrogens with two attached hydrogens (primary N) is 1. The van der Waals surface area contributed by atoms with Crippen LogP contribution >= 0.6 is 0 Å². The molecule has 0 unspecified atom stereocenters. The molecule has 0 spiro atoms. The lowest BCUT2D eigenvalue weighted by Crippen LogP contribution is -2.41. The number of rotatable bonds is 4. The minimum Gasteiger partial charge on any atom is -0.370 e. The lowest BCUT2D eigenvalue weighted by Gasteiger charge is -2.32. The fourth-order valence-electron chi connectivity index (χ4n) is 1.63. The Balaban J connectivity index is 2.36. The Kier molecular flexibility index (Phi) is 4.06. The van der Waals surface area contributed by atoms with Gasteiger partial charge in [0, 0.05) is 19.6 Å². The molecule has 0 aromatic carbocycles. The molecule has 0 saturated heterocycles. The summed E-state index contributed by atoms with van der Waals surface area (Å²) in [4.78, 5) is 6.42. The summed E-state index contributed by atoms with van der Waals surface area (Å²) in [5, 5.41) is 0. The molecule has 0 heterocycles. The molecule has 1 rings (SSSR count). The molecule has 2 N–H and O–H groups in total. The van der Waals surface area contributed by atoms with Gasteiger partial charge in [0.1, 0.15) is 0 Å². The van der Waals surface area contributed by atoms with E-state index < -0.39 is 0 Å². The van der Waals surface area contributed by atoms with Crippen molar-refractivity contribution in [3.05, 3.63) is 0 Å². The minimum atomic E-state index is 0.719. The van der Waals surface area contributed by atoms with Gasteiger partial charge in [0.25, 0.3) is 0 Å². The number of aliphatic imine (C=N–C) groups is 1. The minimum absolute atomic E-state index is 0.719. The van der Waals surface area contributed by atoms with Gasteiger partial charge < -0.3 is 10.6 Å². The van der Waals surface area contributed by atoms with Gasteiger partial charge in [-0.05, 0) is 32.6 Å². The Bertz CT molecular complexity index is 173. The molecule has 13 heavy (non-hydrogen) atoms. The van der Waals surface area contributed by atoms with E-state index in [1.165, 1.54) is 19.3 Å². The molecular formula is C10H21N3. The number of guanidine groups is 1. The summed E-state index contributed by atoms with van der Waals surface area (Å²) < 4.78 is 0. The van der Waals surface area contributed by atoms with Gasteiger partial charge in [0.2, 0.25) is 0 Å². The average molecular weight is 183 g/mol. The lowest BCUT2D eigenvalue weighted by molar-refractivity contribution is 0.243. The Morgan fingerprint density at radius 1 is 1.46 bits per heavy atom. The highest BCUT2D eigenvalue weighted by atomic mass is 15.2. The first-order chi connectivity index (χ1) is 6.27. The molecule has 0 bridgehead atoms. The Labute approximate surface area is 81.0 Å². The predicted octanol–water partition coefficient (Wildman–Crippen LogP) is 1.44. The van der Waals surface area contributed by atoms with E-state index >= 15 is 0 Å². The van der Waals surface area contributed by atoms with Crippen molar-refractivity contribution in [2.75, 3.05) is 19.6 Å². The van der Waals surface area contributed by atoms with Crippen LogP contribution in [-0.4, -0.2) is 30.5 Å². The molecule has 1 aliphatic carbocycles. The van der Waals surface area contributed by atoms with E-state index in [4.69, 9.17) is 5.73 Å². The van der Waals surface area contributed by atoms with Gasteiger partial charge in [-0.2, -0.15) is 0 Å². The van der Waals surface area contributed by atoms with Crippen molar-refractivity contribution < 1.29 is 0 Å². The number of hydrogen-bond acceptors (Lipinski definition) is 1. The van der Waals surface area contributed by atoms with Crippen LogP contribution in [0.25, 0.3) is 0 Å². The van der Waals surface area contributed by atoms with Crippen molar-refractivity contribution in [3.8, 4) is 0 Å². The first-order valence-electron chi connectivity index (χ1n) is 5.32. The van der Waals surface area contributed by atoms with Crippen molar-refractivity contribution in [2.24, 2.45) is 16.6 Å². The predicted molar refractivity (Wildman–Crippen MR) is 56.8 cm³/mol. The van der Waals surface area contributed by atoms with Crippen molar-refractivity contribution in [1.29, 1.82) is 0 Å². The maximum atomic E-state index is 5.84. The molecule has 0 aliphatic heterocycles. The number of nitrogens with zero attached hydrogens (tertiary/aromatic N) is 2. The molecule has 1 saturated carbocycles. The van der Waals surface area contributed by atoms with E-state index in [-0.39, 0.29) is 0 Å². The van der Waals surface area contributed by atoms with E-state index in [9.17, 15) is 0 Å². The van der Waals surface area contributed by atoms with Crippen LogP contribution < -0.4 is 5.73 Å². The smallest absolute Gasteiger partial charge is 0.191 e. The lowest BCUT2D eigenvalue weighted by atomic mass is 9.85. The van der Waals surface area contributed by atoms with Crippen molar-refractivity contribution in [3.63, 3.8) is 0 Å².